The highest BCUT2D eigenvalue weighted by Gasteiger charge is 2.28. The van der Waals surface area contributed by atoms with E-state index in [9.17, 15) is 9.90 Å². The van der Waals surface area contributed by atoms with Gasteiger partial charge in [-0.05, 0) is 26.9 Å². The van der Waals surface area contributed by atoms with Crippen LogP contribution in [0.2, 0.25) is 0 Å². The maximum atomic E-state index is 11.6. The lowest BCUT2D eigenvalue weighted by Gasteiger charge is -2.23. The first-order valence-electron chi connectivity index (χ1n) is 4.67. The maximum absolute atomic E-state index is 11.6. The van der Waals surface area contributed by atoms with Crippen molar-refractivity contribution in [1.82, 2.24) is 9.80 Å². The topological polar surface area (TPSA) is 43.5 Å². The summed E-state index contributed by atoms with van der Waals surface area (Å²) in [6.07, 6.45) is 1.86. The van der Waals surface area contributed by atoms with Gasteiger partial charge in [-0.25, -0.2) is 5.11 Å². The van der Waals surface area contributed by atoms with Gasteiger partial charge in [-0.1, -0.05) is 0 Å². The van der Waals surface area contributed by atoms with Crippen LogP contribution in [0.15, 0.2) is 0 Å². The van der Waals surface area contributed by atoms with Crippen LogP contribution in [0.3, 0.4) is 0 Å². The Labute approximate surface area is 79.1 Å². The summed E-state index contributed by atoms with van der Waals surface area (Å²) < 4.78 is 0. The molecule has 4 nitrogen and oxygen atoms in total. The molecule has 0 N–H and O–H groups in total. The van der Waals surface area contributed by atoms with Gasteiger partial charge in [0.2, 0.25) is 5.91 Å². The Morgan fingerprint density at radius 2 is 2.23 bits per heavy atom. The molecule has 0 saturated carbocycles. The third-order valence-corrected chi connectivity index (χ3v) is 2.34. The molecule has 0 spiro atoms. The summed E-state index contributed by atoms with van der Waals surface area (Å²) in [6.45, 7) is 1.02. The lowest BCUT2D eigenvalue weighted by molar-refractivity contribution is -0.133. The van der Waals surface area contributed by atoms with Crippen LogP contribution in [-0.4, -0.2) is 55.5 Å². The van der Waals surface area contributed by atoms with E-state index in [1.165, 1.54) is 0 Å². The van der Waals surface area contributed by atoms with Gasteiger partial charge in [0.05, 0.1) is 12.6 Å². The highest BCUT2D eigenvalue weighted by Crippen LogP contribution is 2.16. The highest BCUT2D eigenvalue weighted by atomic mass is 16.3. The third kappa shape index (κ3) is 2.67. The van der Waals surface area contributed by atoms with E-state index in [1.54, 1.807) is 4.90 Å². The van der Waals surface area contributed by atoms with Crippen molar-refractivity contribution in [2.75, 3.05) is 33.8 Å². The van der Waals surface area contributed by atoms with Crippen molar-refractivity contribution in [3.8, 4) is 0 Å². The smallest absolute Gasteiger partial charge is 0.237 e. The molecule has 1 heterocycles. The summed E-state index contributed by atoms with van der Waals surface area (Å²) in [5.74, 6) is 0.0864. The van der Waals surface area contributed by atoms with Crippen molar-refractivity contribution in [1.29, 1.82) is 0 Å². The van der Waals surface area contributed by atoms with E-state index < -0.39 is 0 Å². The van der Waals surface area contributed by atoms with E-state index in [4.69, 9.17) is 0 Å². The summed E-state index contributed by atoms with van der Waals surface area (Å²) in [4.78, 5) is 15.1. The van der Waals surface area contributed by atoms with Crippen molar-refractivity contribution in [2.45, 2.75) is 18.9 Å². The van der Waals surface area contributed by atoms with Crippen LogP contribution in [0.4, 0.5) is 0 Å². The number of carbonyl (C=O) groups excluding carboxylic acids is 1. The van der Waals surface area contributed by atoms with Gasteiger partial charge < -0.3 is 9.80 Å². The fraction of sp³-hybridized carbons (Fsp3) is 0.889. The molecule has 13 heavy (non-hydrogen) atoms. The van der Waals surface area contributed by atoms with Gasteiger partial charge in [0, 0.05) is 6.54 Å². The minimum atomic E-state index is -0.154. The molecule has 75 valence electrons. The average molecular weight is 185 g/mol. The van der Waals surface area contributed by atoms with Gasteiger partial charge in [-0.15, -0.1) is 0 Å². The van der Waals surface area contributed by atoms with Crippen molar-refractivity contribution >= 4 is 5.91 Å². The van der Waals surface area contributed by atoms with Crippen LogP contribution in [0.25, 0.3) is 0 Å². The number of hydrogen-bond acceptors (Lipinski definition) is 2. The normalized spacial score (nSPS) is 22.8. The molecular weight excluding hydrogens is 168 g/mol. The summed E-state index contributed by atoms with van der Waals surface area (Å²) in [6, 6.07) is -0.0487. The number of carbonyl (C=O) groups is 1. The molecule has 4 heteroatoms. The Bertz CT molecular complexity index is 182. The Hall–Kier alpha value is -0.610. The number of likely N-dealkylation sites (tertiary alicyclic amines) is 1. The van der Waals surface area contributed by atoms with Gasteiger partial charge in [0.1, 0.15) is 6.61 Å². The molecule has 0 aromatic rings. The SMILES string of the molecule is CN(C)CC(=O)N1CCCC1C[O]. The molecule has 1 amide bonds. The van der Waals surface area contributed by atoms with Crippen molar-refractivity contribution in [3.63, 3.8) is 0 Å². The first-order chi connectivity index (χ1) is 6.15. The molecule has 0 aromatic heterocycles. The van der Waals surface area contributed by atoms with Gasteiger partial charge in [0.25, 0.3) is 0 Å². The molecular formula is C9H17N2O2. The molecule has 0 aliphatic carbocycles. The van der Waals surface area contributed by atoms with E-state index in [0.29, 0.717) is 6.54 Å². The number of nitrogens with zero attached hydrogens (tertiary/aromatic N) is 2. The summed E-state index contributed by atoms with van der Waals surface area (Å²) in [7, 11) is 3.72. The van der Waals surface area contributed by atoms with Gasteiger partial charge in [-0.2, -0.15) is 0 Å². The van der Waals surface area contributed by atoms with Crippen LogP contribution in [0, 0.1) is 0 Å². The molecule has 1 saturated heterocycles. The minimum Gasteiger partial charge on any atom is -0.336 e. The Balaban J connectivity index is 2.45. The standard InChI is InChI=1S/C9H17N2O2/c1-10(2)6-9(13)11-5-3-4-8(11)7-12/h8H,3-7H2,1-2H3. The molecule has 1 rings (SSSR count). The van der Waals surface area contributed by atoms with Crippen LogP contribution in [0.1, 0.15) is 12.8 Å². The molecule has 1 aliphatic rings. The zero-order valence-corrected chi connectivity index (χ0v) is 8.32. The lowest BCUT2D eigenvalue weighted by atomic mass is 10.2. The number of rotatable bonds is 3. The lowest BCUT2D eigenvalue weighted by Crippen LogP contribution is -2.42. The number of hydrogen-bond donors (Lipinski definition) is 0. The fourth-order valence-corrected chi connectivity index (χ4v) is 1.70. The maximum Gasteiger partial charge on any atom is 0.237 e. The monoisotopic (exact) mass is 185 g/mol. The fourth-order valence-electron chi connectivity index (χ4n) is 1.70. The average Bonchev–Trinajstić information content (AvgIpc) is 2.49. The second-order valence-corrected chi connectivity index (χ2v) is 3.79. The van der Waals surface area contributed by atoms with Crippen LogP contribution >= 0.6 is 0 Å². The quantitative estimate of drug-likeness (QED) is 0.619. The highest BCUT2D eigenvalue weighted by molar-refractivity contribution is 5.78. The number of amides is 1. The predicted molar refractivity (Wildman–Crippen MR) is 48.8 cm³/mol. The molecule has 0 bridgehead atoms. The number of likely N-dealkylation sites (N-methyl/N-ethyl adjacent to an activating group) is 1. The molecule has 1 radical (unpaired) electrons. The second kappa shape index (κ2) is 4.58. The van der Waals surface area contributed by atoms with E-state index in [1.807, 2.05) is 19.0 Å². The minimum absolute atomic E-state index is 0.0487. The Kier molecular flexibility index (Phi) is 3.69. The largest absolute Gasteiger partial charge is 0.336 e. The molecule has 0 aromatic carbocycles. The van der Waals surface area contributed by atoms with Crippen molar-refractivity contribution in [3.05, 3.63) is 0 Å². The zero-order chi connectivity index (χ0) is 9.84. The van der Waals surface area contributed by atoms with Crippen LogP contribution < -0.4 is 0 Å². The second-order valence-electron chi connectivity index (χ2n) is 3.79. The van der Waals surface area contributed by atoms with Crippen LogP contribution in [-0.2, 0) is 9.90 Å². The van der Waals surface area contributed by atoms with Gasteiger partial charge >= 0.3 is 0 Å². The van der Waals surface area contributed by atoms with Crippen molar-refractivity contribution in [2.24, 2.45) is 0 Å². The molecule has 1 unspecified atom stereocenters. The van der Waals surface area contributed by atoms with E-state index >= 15 is 0 Å². The van der Waals surface area contributed by atoms with Crippen molar-refractivity contribution < 1.29 is 9.90 Å². The van der Waals surface area contributed by atoms with E-state index in [-0.39, 0.29) is 18.6 Å². The first-order valence-corrected chi connectivity index (χ1v) is 4.67. The first kappa shape index (κ1) is 10.5. The van der Waals surface area contributed by atoms with E-state index in [0.717, 1.165) is 19.4 Å². The predicted octanol–water partition coefficient (Wildman–Crippen LogP) is -0.0305. The Morgan fingerprint density at radius 3 is 2.77 bits per heavy atom. The summed E-state index contributed by atoms with van der Waals surface area (Å²) in [5.41, 5.74) is 0. The third-order valence-electron chi connectivity index (χ3n) is 2.34. The summed E-state index contributed by atoms with van der Waals surface area (Å²) in [5, 5.41) is 10.7. The molecule has 1 atom stereocenters. The van der Waals surface area contributed by atoms with E-state index in [2.05, 4.69) is 0 Å². The molecule has 1 fully saturated rings. The summed E-state index contributed by atoms with van der Waals surface area (Å²) >= 11 is 0. The molecule has 1 aliphatic heterocycles. The van der Waals surface area contributed by atoms with Crippen LogP contribution in [0.5, 0.6) is 0 Å². The zero-order valence-electron chi connectivity index (χ0n) is 8.32. The Morgan fingerprint density at radius 1 is 1.54 bits per heavy atom. The van der Waals surface area contributed by atoms with Gasteiger partial charge in [-0.3, -0.25) is 4.79 Å². The van der Waals surface area contributed by atoms with Gasteiger partial charge in [0.15, 0.2) is 0 Å².